The molecule has 0 bridgehead atoms. The van der Waals surface area contributed by atoms with E-state index in [4.69, 9.17) is 29.3 Å². The molecular weight excluding hydrogens is 699 g/mol. The summed E-state index contributed by atoms with van der Waals surface area (Å²) in [5, 5.41) is 15.0. The summed E-state index contributed by atoms with van der Waals surface area (Å²) in [6, 6.07) is 16.3. The van der Waals surface area contributed by atoms with Crippen LogP contribution in [0, 0.1) is 5.41 Å². The number of rotatable bonds is 18. The number of aromatic nitrogens is 4. The molecule has 0 aliphatic heterocycles. The van der Waals surface area contributed by atoms with Crippen molar-refractivity contribution in [3.8, 4) is 22.4 Å². The van der Waals surface area contributed by atoms with Crippen LogP contribution in [-0.4, -0.2) is 80.1 Å². The minimum Gasteiger partial charge on any atom is -0.501 e. The number of carboxylic acids is 1. The summed E-state index contributed by atoms with van der Waals surface area (Å²) in [5.74, 6) is -0.00968. The number of carbonyl (C=O) groups is 1. The van der Waals surface area contributed by atoms with E-state index < -0.39 is 27.5 Å². The van der Waals surface area contributed by atoms with Crippen LogP contribution in [0.5, 0.6) is 0 Å². The van der Waals surface area contributed by atoms with Gasteiger partial charge < -0.3 is 24.2 Å². The molecule has 0 saturated heterocycles. The fourth-order valence-corrected chi connectivity index (χ4v) is 7.59. The summed E-state index contributed by atoms with van der Waals surface area (Å²) in [7, 11) is -2.66. The summed E-state index contributed by atoms with van der Waals surface area (Å²) in [6.45, 7) is 20.3. The lowest BCUT2D eigenvalue weighted by atomic mass is 9.76. The molecule has 1 N–H and O–H groups in total. The van der Waals surface area contributed by atoms with Gasteiger partial charge in [0.25, 0.3) is 0 Å². The van der Waals surface area contributed by atoms with Crippen molar-refractivity contribution in [3.63, 3.8) is 0 Å². The maximum absolute atomic E-state index is 12.2. The maximum atomic E-state index is 12.2. The number of hydrogen-bond acceptors (Lipinski definition) is 8. The van der Waals surface area contributed by atoms with Gasteiger partial charge in [0.15, 0.2) is 5.65 Å². The highest BCUT2D eigenvalue weighted by atomic mass is 28.3. The first-order chi connectivity index (χ1) is 25.2. The second-order valence-electron chi connectivity index (χ2n) is 16.6. The predicted molar refractivity (Wildman–Crippen MR) is 220 cm³/mol. The molecule has 1 aliphatic carbocycles. The number of carboxylic acid groups (broad SMARTS) is 1. The zero-order valence-corrected chi connectivity index (χ0v) is 34.8. The van der Waals surface area contributed by atoms with Crippen molar-refractivity contribution < 1.29 is 24.1 Å². The van der Waals surface area contributed by atoms with E-state index in [0.717, 1.165) is 57.1 Å². The molecule has 4 aromatic rings. The first kappa shape index (κ1) is 40.1. The van der Waals surface area contributed by atoms with E-state index in [1.165, 1.54) is 0 Å². The average molecular weight is 756 g/mol. The molecule has 3 aromatic heterocycles. The van der Waals surface area contributed by atoms with E-state index >= 15 is 0 Å². The standard InChI is InChI=1S/C41H57N5O5Si2/c1-9-49-22-19-34-37(32-17-20-41(2,21-18-32)40(47)48)44-38-35(33-15-16-36(42-27-33)31-13-11-10-12-14-31)28-43-46(38)39(34)45(29-50-23-25-52(3,4)5)30-51-24-26-53(6,7)8/h10-17,19,22,27-28H,9,18,20-21,23-26,29-30H2,1-8H3,(H,47,48). The minimum atomic E-state index is -1.33. The lowest BCUT2D eigenvalue weighted by molar-refractivity contribution is -0.148. The number of fused-ring (bicyclic) bond motifs is 1. The molecule has 0 radical (unpaired) electrons. The molecule has 0 spiro atoms. The van der Waals surface area contributed by atoms with Crippen molar-refractivity contribution in [1.82, 2.24) is 19.6 Å². The molecule has 5 rings (SSSR count). The lowest BCUT2D eigenvalue weighted by Crippen LogP contribution is -2.34. The van der Waals surface area contributed by atoms with Gasteiger partial charge in [-0.15, -0.1) is 0 Å². The average Bonchev–Trinajstić information content (AvgIpc) is 3.54. The van der Waals surface area contributed by atoms with Crippen LogP contribution in [0.1, 0.15) is 44.4 Å². The second-order valence-corrected chi connectivity index (χ2v) is 27.8. The Hall–Kier alpha value is -4.11. The fourth-order valence-electron chi connectivity index (χ4n) is 6.08. The SMILES string of the molecule is CCOC=Cc1c(C2=CCC(C)(C(=O)O)CC2)nc2c(-c3ccc(-c4ccccc4)nc3)cnn2c1N(COCC[Si](C)(C)C)COCC[Si](C)(C)C. The Morgan fingerprint density at radius 2 is 1.64 bits per heavy atom. The summed E-state index contributed by atoms with van der Waals surface area (Å²) < 4.78 is 20.5. The van der Waals surface area contributed by atoms with Gasteiger partial charge in [-0.1, -0.05) is 81.8 Å². The number of nitrogens with zero attached hydrogens (tertiary/aromatic N) is 5. The van der Waals surface area contributed by atoms with Crippen LogP contribution in [0.25, 0.3) is 39.7 Å². The number of pyridine rings is 1. The smallest absolute Gasteiger partial charge is 0.309 e. The molecule has 1 aliphatic rings. The minimum absolute atomic E-state index is 0.296. The zero-order chi connectivity index (χ0) is 38.2. The van der Waals surface area contributed by atoms with Crippen LogP contribution in [-0.2, 0) is 19.0 Å². The molecule has 3 heterocycles. The van der Waals surface area contributed by atoms with Gasteiger partial charge in [-0.05, 0) is 62.9 Å². The number of aliphatic carboxylic acids is 1. The number of ether oxygens (including phenoxy) is 3. The molecule has 0 fully saturated rings. The van der Waals surface area contributed by atoms with Crippen LogP contribution < -0.4 is 4.90 Å². The van der Waals surface area contributed by atoms with E-state index in [-0.39, 0.29) is 0 Å². The Bertz CT molecular complexity index is 1880. The number of anilines is 1. The van der Waals surface area contributed by atoms with E-state index in [0.29, 0.717) is 58.2 Å². The number of hydrogen-bond donors (Lipinski definition) is 1. The highest BCUT2D eigenvalue weighted by Gasteiger charge is 2.36. The van der Waals surface area contributed by atoms with Crippen molar-refractivity contribution in [2.75, 3.05) is 38.2 Å². The van der Waals surface area contributed by atoms with Gasteiger partial charge in [-0.3, -0.25) is 9.78 Å². The van der Waals surface area contributed by atoms with Crippen molar-refractivity contribution in [2.24, 2.45) is 5.41 Å². The summed E-state index contributed by atoms with van der Waals surface area (Å²) in [4.78, 5) is 24.5. The van der Waals surface area contributed by atoms with Gasteiger partial charge in [-0.25, -0.2) is 4.98 Å². The van der Waals surface area contributed by atoms with E-state index in [1.807, 2.05) is 79.3 Å². The van der Waals surface area contributed by atoms with Crippen molar-refractivity contribution >= 4 is 45.2 Å². The Labute approximate surface area is 316 Å². The van der Waals surface area contributed by atoms with E-state index in [2.05, 4.69) is 50.2 Å². The van der Waals surface area contributed by atoms with Crippen LogP contribution in [0.2, 0.25) is 51.4 Å². The summed E-state index contributed by atoms with van der Waals surface area (Å²) >= 11 is 0. The van der Waals surface area contributed by atoms with Crippen LogP contribution in [0.4, 0.5) is 5.82 Å². The van der Waals surface area contributed by atoms with E-state index in [1.54, 1.807) is 6.26 Å². The molecule has 1 unspecified atom stereocenters. The largest absolute Gasteiger partial charge is 0.501 e. The number of allylic oxidation sites excluding steroid dienone is 2. The second kappa shape index (κ2) is 17.4. The van der Waals surface area contributed by atoms with Crippen molar-refractivity contribution in [1.29, 1.82) is 0 Å². The fraction of sp³-hybridized carbons (Fsp3) is 0.463. The third kappa shape index (κ3) is 10.5. The Kier molecular flexibility index (Phi) is 13.1. The Morgan fingerprint density at radius 3 is 2.19 bits per heavy atom. The van der Waals surface area contributed by atoms with Crippen LogP contribution in [0.3, 0.4) is 0 Å². The van der Waals surface area contributed by atoms with Crippen LogP contribution >= 0.6 is 0 Å². The highest BCUT2D eigenvalue weighted by Crippen LogP contribution is 2.42. The highest BCUT2D eigenvalue weighted by molar-refractivity contribution is 6.76. The maximum Gasteiger partial charge on any atom is 0.309 e. The van der Waals surface area contributed by atoms with Gasteiger partial charge in [0.05, 0.1) is 35.9 Å². The van der Waals surface area contributed by atoms with E-state index in [9.17, 15) is 9.90 Å². The molecule has 53 heavy (non-hydrogen) atoms. The summed E-state index contributed by atoms with van der Waals surface area (Å²) in [5.41, 5.74) is 6.07. The third-order valence-corrected chi connectivity index (χ3v) is 13.1. The van der Waals surface area contributed by atoms with Gasteiger partial charge in [0.1, 0.15) is 19.3 Å². The van der Waals surface area contributed by atoms with Crippen molar-refractivity contribution in [2.45, 2.75) is 84.5 Å². The van der Waals surface area contributed by atoms with Gasteiger partial charge in [-0.2, -0.15) is 9.61 Å². The molecule has 0 amide bonds. The Balaban J connectivity index is 1.68. The quantitative estimate of drug-likeness (QED) is 0.0459. The molecule has 284 valence electrons. The molecule has 0 saturated carbocycles. The molecular formula is C41H57N5O5Si2. The third-order valence-electron chi connectivity index (χ3n) is 9.65. The predicted octanol–water partition coefficient (Wildman–Crippen LogP) is 9.55. The zero-order valence-electron chi connectivity index (χ0n) is 32.8. The van der Waals surface area contributed by atoms with Gasteiger partial charge in [0.2, 0.25) is 0 Å². The molecule has 12 heteroatoms. The van der Waals surface area contributed by atoms with Crippen molar-refractivity contribution in [3.05, 3.63) is 78.5 Å². The van der Waals surface area contributed by atoms with Gasteiger partial charge >= 0.3 is 5.97 Å². The first-order valence-corrected chi connectivity index (χ1v) is 26.2. The number of benzene rings is 1. The normalized spacial score (nSPS) is 16.6. The monoisotopic (exact) mass is 755 g/mol. The topological polar surface area (TPSA) is 111 Å². The summed E-state index contributed by atoms with van der Waals surface area (Å²) in [6.07, 6.45) is 10.9. The Morgan fingerprint density at radius 1 is 0.962 bits per heavy atom. The van der Waals surface area contributed by atoms with Gasteiger partial charge in [0, 0.05) is 57.8 Å². The lowest BCUT2D eigenvalue weighted by Gasteiger charge is -2.31. The van der Waals surface area contributed by atoms with Crippen LogP contribution in [0.15, 0.2) is 67.2 Å². The molecule has 1 atom stereocenters. The first-order valence-electron chi connectivity index (χ1n) is 18.7. The molecule has 10 nitrogen and oxygen atoms in total. The molecule has 1 aromatic carbocycles.